The zero-order valence-electron chi connectivity index (χ0n) is 8.17. The maximum Gasteiger partial charge on any atom is 0.220 e. The first kappa shape index (κ1) is 9.77. The van der Waals surface area contributed by atoms with Gasteiger partial charge >= 0.3 is 0 Å². The highest BCUT2D eigenvalue weighted by Crippen LogP contribution is 2.22. The normalized spacial score (nSPS) is 10.3. The molecule has 0 amide bonds. The van der Waals surface area contributed by atoms with Crippen molar-refractivity contribution in [1.29, 1.82) is 0 Å². The van der Waals surface area contributed by atoms with E-state index in [9.17, 15) is 8.78 Å². The van der Waals surface area contributed by atoms with Crippen LogP contribution in [0.4, 0.5) is 8.78 Å². The molecule has 2 rings (SSSR count). The Balaban J connectivity index is 2.53. The lowest BCUT2D eigenvalue weighted by Crippen LogP contribution is -1.90. The lowest BCUT2D eigenvalue weighted by molar-refractivity contribution is 0.586. The first-order chi connectivity index (χ1) is 7.16. The van der Waals surface area contributed by atoms with Crippen LogP contribution in [-0.4, -0.2) is 4.98 Å². The molecule has 76 valence electrons. The summed E-state index contributed by atoms with van der Waals surface area (Å²) in [5.41, 5.74) is 1.90. The van der Waals surface area contributed by atoms with E-state index in [-0.39, 0.29) is 5.82 Å². The van der Waals surface area contributed by atoms with Gasteiger partial charge in [-0.05, 0) is 36.2 Å². The number of aromatic nitrogens is 1. The minimum Gasteiger partial charge on any atom is -0.228 e. The van der Waals surface area contributed by atoms with E-state index in [1.54, 1.807) is 6.07 Å². The Labute approximate surface area is 86.4 Å². The summed E-state index contributed by atoms with van der Waals surface area (Å²) in [5.74, 6) is -0.869. The van der Waals surface area contributed by atoms with Crippen molar-refractivity contribution in [2.75, 3.05) is 0 Å². The molecule has 0 N–H and O–H groups in total. The van der Waals surface area contributed by atoms with Crippen LogP contribution in [0.25, 0.3) is 11.1 Å². The molecule has 15 heavy (non-hydrogen) atoms. The largest absolute Gasteiger partial charge is 0.228 e. The highest BCUT2D eigenvalue weighted by molar-refractivity contribution is 5.63. The number of halogens is 2. The molecule has 0 aliphatic heterocycles. The number of aryl methyl sites for hydroxylation is 1. The molecule has 0 atom stereocenters. The molecule has 3 heteroatoms. The summed E-state index contributed by atoms with van der Waals surface area (Å²) in [4.78, 5) is 3.62. The molecule has 1 aromatic heterocycles. The SMILES string of the molecule is Cc1cnc(F)c(-c2ccc(F)cc2)c1. The van der Waals surface area contributed by atoms with Crippen molar-refractivity contribution in [3.05, 3.63) is 53.9 Å². The zero-order chi connectivity index (χ0) is 10.8. The molecule has 2 aromatic rings. The van der Waals surface area contributed by atoms with Gasteiger partial charge in [-0.3, -0.25) is 0 Å². The molecular formula is C12H9F2N. The molecule has 1 nitrogen and oxygen atoms in total. The summed E-state index contributed by atoms with van der Waals surface area (Å²) in [6.07, 6.45) is 1.46. The topological polar surface area (TPSA) is 12.9 Å². The van der Waals surface area contributed by atoms with E-state index in [1.807, 2.05) is 6.92 Å². The number of nitrogens with zero attached hydrogens (tertiary/aromatic N) is 1. The fourth-order valence-corrected chi connectivity index (χ4v) is 1.38. The van der Waals surface area contributed by atoms with Crippen molar-refractivity contribution >= 4 is 0 Å². The molecule has 0 spiro atoms. The summed E-state index contributed by atoms with van der Waals surface area (Å²) < 4.78 is 26.0. The average molecular weight is 205 g/mol. The smallest absolute Gasteiger partial charge is 0.220 e. The molecule has 0 saturated heterocycles. The average Bonchev–Trinajstić information content (AvgIpc) is 2.23. The van der Waals surface area contributed by atoms with Gasteiger partial charge in [-0.15, -0.1) is 0 Å². The molecule has 0 fully saturated rings. The van der Waals surface area contributed by atoms with Gasteiger partial charge in [-0.1, -0.05) is 12.1 Å². The Morgan fingerprint density at radius 3 is 2.40 bits per heavy atom. The summed E-state index contributed by atoms with van der Waals surface area (Å²) in [7, 11) is 0. The molecule has 0 unspecified atom stereocenters. The number of hydrogen-bond acceptors (Lipinski definition) is 1. The van der Waals surface area contributed by atoms with Gasteiger partial charge in [0.15, 0.2) is 0 Å². The zero-order valence-corrected chi connectivity index (χ0v) is 8.17. The van der Waals surface area contributed by atoms with E-state index >= 15 is 0 Å². The lowest BCUT2D eigenvalue weighted by atomic mass is 10.1. The van der Waals surface area contributed by atoms with Gasteiger partial charge in [0.25, 0.3) is 0 Å². The van der Waals surface area contributed by atoms with Gasteiger partial charge in [-0.2, -0.15) is 4.39 Å². The minimum absolute atomic E-state index is 0.334. The molecule has 1 aromatic carbocycles. The van der Waals surface area contributed by atoms with E-state index in [4.69, 9.17) is 0 Å². The first-order valence-corrected chi connectivity index (χ1v) is 4.55. The second-order valence-electron chi connectivity index (χ2n) is 3.36. The van der Waals surface area contributed by atoms with Crippen molar-refractivity contribution < 1.29 is 8.78 Å². The van der Waals surface area contributed by atoms with Gasteiger partial charge in [0.1, 0.15) is 5.82 Å². The van der Waals surface area contributed by atoms with Gasteiger partial charge in [0, 0.05) is 11.8 Å². The van der Waals surface area contributed by atoms with E-state index in [0.717, 1.165) is 5.56 Å². The van der Waals surface area contributed by atoms with E-state index in [1.165, 1.54) is 30.5 Å². The van der Waals surface area contributed by atoms with Crippen LogP contribution in [-0.2, 0) is 0 Å². The molecule has 0 bridgehead atoms. The van der Waals surface area contributed by atoms with Crippen molar-refractivity contribution in [2.45, 2.75) is 6.92 Å². The Bertz CT molecular complexity index is 477. The van der Waals surface area contributed by atoms with Gasteiger partial charge in [-0.25, -0.2) is 9.37 Å². The van der Waals surface area contributed by atoms with Crippen LogP contribution < -0.4 is 0 Å². The van der Waals surface area contributed by atoms with Crippen LogP contribution in [0.5, 0.6) is 0 Å². The van der Waals surface area contributed by atoms with Crippen molar-refractivity contribution in [3.8, 4) is 11.1 Å². The summed E-state index contributed by atoms with van der Waals surface area (Å²) in [6.45, 7) is 1.83. The molecule has 1 heterocycles. The van der Waals surface area contributed by atoms with Crippen molar-refractivity contribution in [3.63, 3.8) is 0 Å². The summed E-state index contributed by atoms with van der Waals surface area (Å²) >= 11 is 0. The summed E-state index contributed by atoms with van der Waals surface area (Å²) in [6, 6.07) is 7.37. The Hall–Kier alpha value is -1.77. The third kappa shape index (κ3) is 2.01. The van der Waals surface area contributed by atoms with Gasteiger partial charge in [0.2, 0.25) is 5.95 Å². The van der Waals surface area contributed by atoms with E-state index in [2.05, 4.69) is 4.98 Å². The van der Waals surface area contributed by atoms with Crippen LogP contribution in [0.2, 0.25) is 0 Å². The highest BCUT2D eigenvalue weighted by Gasteiger charge is 2.06. The fourth-order valence-electron chi connectivity index (χ4n) is 1.38. The lowest BCUT2D eigenvalue weighted by Gasteiger charge is -2.03. The monoisotopic (exact) mass is 205 g/mol. The predicted molar refractivity (Wildman–Crippen MR) is 54.3 cm³/mol. The molecule has 0 aliphatic carbocycles. The van der Waals surface area contributed by atoms with Crippen LogP contribution in [0, 0.1) is 18.7 Å². The predicted octanol–water partition coefficient (Wildman–Crippen LogP) is 3.34. The van der Waals surface area contributed by atoms with E-state index in [0.29, 0.717) is 11.1 Å². The van der Waals surface area contributed by atoms with Crippen LogP contribution in [0.15, 0.2) is 36.5 Å². The molecule has 0 radical (unpaired) electrons. The van der Waals surface area contributed by atoms with Crippen LogP contribution in [0.3, 0.4) is 0 Å². The van der Waals surface area contributed by atoms with Crippen LogP contribution >= 0.6 is 0 Å². The highest BCUT2D eigenvalue weighted by atomic mass is 19.1. The Kier molecular flexibility index (Phi) is 2.46. The van der Waals surface area contributed by atoms with Gasteiger partial charge in [0.05, 0.1) is 0 Å². The third-order valence-electron chi connectivity index (χ3n) is 2.13. The molecular weight excluding hydrogens is 196 g/mol. The number of hydrogen-bond donors (Lipinski definition) is 0. The third-order valence-corrected chi connectivity index (χ3v) is 2.13. The number of rotatable bonds is 1. The second kappa shape index (κ2) is 3.77. The maximum absolute atomic E-state index is 13.4. The molecule has 0 saturated carbocycles. The number of pyridine rings is 1. The first-order valence-electron chi connectivity index (χ1n) is 4.55. The minimum atomic E-state index is -0.535. The van der Waals surface area contributed by atoms with Gasteiger partial charge < -0.3 is 0 Å². The number of benzene rings is 1. The Morgan fingerprint density at radius 2 is 1.73 bits per heavy atom. The van der Waals surface area contributed by atoms with Crippen LogP contribution in [0.1, 0.15) is 5.56 Å². The standard InChI is InChI=1S/C12H9F2N/c1-8-6-11(12(14)15-7-8)9-2-4-10(13)5-3-9/h2-7H,1H3. The summed E-state index contributed by atoms with van der Waals surface area (Å²) in [5, 5.41) is 0. The molecule has 0 aliphatic rings. The quantitative estimate of drug-likeness (QED) is 0.650. The van der Waals surface area contributed by atoms with Crippen molar-refractivity contribution in [1.82, 2.24) is 4.98 Å². The maximum atomic E-state index is 13.4. The van der Waals surface area contributed by atoms with E-state index < -0.39 is 5.95 Å². The second-order valence-corrected chi connectivity index (χ2v) is 3.36. The Morgan fingerprint density at radius 1 is 1.07 bits per heavy atom. The fraction of sp³-hybridized carbons (Fsp3) is 0.0833. The van der Waals surface area contributed by atoms with Crippen molar-refractivity contribution in [2.24, 2.45) is 0 Å².